The molecule has 1 aliphatic heterocycles. The Bertz CT molecular complexity index is 1440. The largest absolute Gasteiger partial charge is 0.489 e. The van der Waals surface area contributed by atoms with E-state index in [1.165, 1.54) is 16.7 Å². The van der Waals surface area contributed by atoms with E-state index in [4.69, 9.17) is 16.0 Å². The number of nitrogens with zero attached hydrogens (tertiary/aromatic N) is 2. The topological polar surface area (TPSA) is 47.2 Å². The minimum Gasteiger partial charge on any atom is -0.489 e. The molecule has 0 fully saturated rings. The van der Waals surface area contributed by atoms with Gasteiger partial charge in [-0.3, -0.25) is 4.99 Å². The van der Waals surface area contributed by atoms with Gasteiger partial charge in [0.25, 0.3) is 0 Å². The zero-order valence-corrected chi connectivity index (χ0v) is 20.2. The minimum atomic E-state index is 0.353. The Balaban J connectivity index is 1.36. The number of hydrogen-bond donors (Lipinski definition) is 1. The summed E-state index contributed by atoms with van der Waals surface area (Å²) in [6.45, 7) is 11.8. The van der Waals surface area contributed by atoms with E-state index in [0.29, 0.717) is 24.7 Å². The molecule has 0 aliphatic carbocycles. The van der Waals surface area contributed by atoms with Gasteiger partial charge in [0, 0.05) is 12.6 Å². The van der Waals surface area contributed by atoms with E-state index in [-0.39, 0.29) is 0 Å². The number of aliphatic imine (C=N–C) groups is 1. The second-order valence-corrected chi connectivity index (χ2v) is 8.63. The van der Waals surface area contributed by atoms with E-state index < -0.39 is 0 Å². The van der Waals surface area contributed by atoms with Gasteiger partial charge in [-0.1, -0.05) is 66.7 Å². The Hall–Kier alpha value is -4.56. The van der Waals surface area contributed by atoms with Crippen LogP contribution in [0.2, 0.25) is 0 Å². The van der Waals surface area contributed by atoms with E-state index in [1.54, 1.807) is 6.07 Å². The Kier molecular flexibility index (Phi) is 6.95. The maximum absolute atomic E-state index is 7.25. The zero-order valence-electron chi connectivity index (χ0n) is 20.2. The highest BCUT2D eigenvalue weighted by Gasteiger charge is 2.16. The van der Waals surface area contributed by atoms with E-state index in [2.05, 4.69) is 64.5 Å². The standard InChI is InChI=1S/C31H27N3O2/c1-22-25(11-7-13-28(22)24-9-4-3-5-10-24)21-35-27-14-15-29(31-33-16-17-34-31)30(19-27)36-20-23-8-6-12-26(18-23)32-2/h3-15,18-19H,16-17,20-21H2,1H3,(H,33,34). The molecule has 5 heteroatoms. The summed E-state index contributed by atoms with van der Waals surface area (Å²) in [5, 5.41) is 3.33. The molecule has 0 radical (unpaired) electrons. The van der Waals surface area contributed by atoms with Crippen LogP contribution in [0.3, 0.4) is 0 Å². The fraction of sp³-hybridized carbons (Fsp3) is 0.161. The summed E-state index contributed by atoms with van der Waals surface area (Å²) in [5.74, 6) is 2.26. The van der Waals surface area contributed by atoms with Gasteiger partial charge in [0.2, 0.25) is 0 Å². The molecule has 0 aromatic heterocycles. The van der Waals surface area contributed by atoms with Gasteiger partial charge in [0.15, 0.2) is 5.69 Å². The lowest BCUT2D eigenvalue weighted by Crippen LogP contribution is -2.20. The highest BCUT2D eigenvalue weighted by Crippen LogP contribution is 2.30. The lowest BCUT2D eigenvalue weighted by Gasteiger charge is -2.16. The summed E-state index contributed by atoms with van der Waals surface area (Å²) < 4.78 is 12.5. The predicted octanol–water partition coefficient (Wildman–Crippen LogP) is 6.72. The van der Waals surface area contributed by atoms with E-state index in [0.717, 1.165) is 41.4 Å². The first-order chi connectivity index (χ1) is 17.7. The van der Waals surface area contributed by atoms with Gasteiger partial charge in [-0.25, -0.2) is 4.85 Å². The van der Waals surface area contributed by atoms with Crippen LogP contribution >= 0.6 is 0 Å². The van der Waals surface area contributed by atoms with Crippen LogP contribution in [0.15, 0.2) is 96.0 Å². The van der Waals surface area contributed by atoms with Crippen molar-refractivity contribution in [1.82, 2.24) is 5.32 Å². The number of hydrogen-bond acceptors (Lipinski definition) is 4. The smallest absolute Gasteiger partial charge is 0.187 e. The number of amidine groups is 1. The normalized spacial score (nSPS) is 12.4. The van der Waals surface area contributed by atoms with Crippen LogP contribution < -0.4 is 14.8 Å². The summed E-state index contributed by atoms with van der Waals surface area (Å²) in [7, 11) is 0. The zero-order chi connectivity index (χ0) is 24.7. The molecule has 1 N–H and O–H groups in total. The summed E-state index contributed by atoms with van der Waals surface area (Å²) in [6, 6.07) is 30.1. The maximum Gasteiger partial charge on any atom is 0.187 e. The first kappa shape index (κ1) is 23.2. The molecule has 178 valence electrons. The predicted molar refractivity (Wildman–Crippen MR) is 144 cm³/mol. The van der Waals surface area contributed by atoms with E-state index in [1.807, 2.05) is 42.5 Å². The molecule has 1 heterocycles. The molecule has 0 bridgehead atoms. The summed E-state index contributed by atoms with van der Waals surface area (Å²) in [5.41, 5.74) is 7.20. The lowest BCUT2D eigenvalue weighted by atomic mass is 9.97. The fourth-order valence-corrected chi connectivity index (χ4v) is 4.29. The van der Waals surface area contributed by atoms with E-state index in [9.17, 15) is 0 Å². The average Bonchev–Trinajstić information content (AvgIpc) is 3.47. The Morgan fingerprint density at radius 1 is 0.861 bits per heavy atom. The van der Waals surface area contributed by atoms with Crippen LogP contribution in [-0.4, -0.2) is 18.9 Å². The van der Waals surface area contributed by atoms with Crippen LogP contribution in [-0.2, 0) is 13.2 Å². The van der Waals surface area contributed by atoms with Gasteiger partial charge in [-0.2, -0.15) is 0 Å². The van der Waals surface area contributed by atoms with Crippen molar-refractivity contribution in [3.05, 3.63) is 125 Å². The molecular weight excluding hydrogens is 446 g/mol. The minimum absolute atomic E-state index is 0.353. The van der Waals surface area contributed by atoms with Crippen LogP contribution in [0.5, 0.6) is 11.5 Å². The van der Waals surface area contributed by atoms with Crippen molar-refractivity contribution in [3.8, 4) is 22.6 Å². The molecule has 4 aromatic rings. The second-order valence-electron chi connectivity index (χ2n) is 8.63. The molecule has 1 aliphatic rings. The lowest BCUT2D eigenvalue weighted by molar-refractivity contribution is 0.289. The number of rotatable bonds is 8. The molecule has 0 amide bonds. The monoisotopic (exact) mass is 473 g/mol. The third kappa shape index (κ3) is 5.24. The highest BCUT2D eigenvalue weighted by molar-refractivity contribution is 6.02. The van der Waals surface area contributed by atoms with Crippen molar-refractivity contribution >= 4 is 11.5 Å². The molecule has 0 saturated heterocycles. The van der Waals surface area contributed by atoms with Crippen molar-refractivity contribution in [2.75, 3.05) is 13.1 Å². The summed E-state index contributed by atoms with van der Waals surface area (Å²) in [6.07, 6.45) is 0. The van der Waals surface area contributed by atoms with Gasteiger partial charge in [-0.15, -0.1) is 0 Å². The molecule has 4 aromatic carbocycles. The van der Waals surface area contributed by atoms with Crippen LogP contribution in [0.25, 0.3) is 16.0 Å². The Morgan fingerprint density at radius 3 is 2.53 bits per heavy atom. The van der Waals surface area contributed by atoms with E-state index >= 15 is 0 Å². The van der Waals surface area contributed by atoms with Crippen LogP contribution in [0, 0.1) is 13.5 Å². The first-order valence-electron chi connectivity index (χ1n) is 12.0. The molecule has 36 heavy (non-hydrogen) atoms. The SMILES string of the molecule is [C-]#[N+]c1cccc(COc2cc(OCc3cccc(-c4ccccc4)c3C)ccc2C2=NCCN2)c1. The maximum atomic E-state index is 7.25. The quantitative estimate of drug-likeness (QED) is 0.289. The fourth-order valence-electron chi connectivity index (χ4n) is 4.29. The third-order valence-corrected chi connectivity index (χ3v) is 6.24. The molecule has 5 nitrogen and oxygen atoms in total. The molecule has 0 atom stereocenters. The Morgan fingerprint density at radius 2 is 1.72 bits per heavy atom. The Labute approximate surface area is 211 Å². The van der Waals surface area contributed by atoms with Gasteiger partial charge < -0.3 is 14.8 Å². The number of nitrogens with one attached hydrogen (secondary N) is 1. The van der Waals surface area contributed by atoms with Crippen LogP contribution in [0.4, 0.5) is 5.69 Å². The van der Waals surface area contributed by atoms with Crippen molar-refractivity contribution in [1.29, 1.82) is 0 Å². The number of ether oxygens (including phenoxy) is 2. The molecule has 0 saturated carbocycles. The first-order valence-corrected chi connectivity index (χ1v) is 12.0. The average molecular weight is 474 g/mol. The van der Waals surface area contributed by atoms with Gasteiger partial charge >= 0.3 is 0 Å². The molecular formula is C31H27N3O2. The van der Waals surface area contributed by atoms with Gasteiger partial charge in [0.1, 0.15) is 30.5 Å². The molecule has 0 spiro atoms. The highest BCUT2D eigenvalue weighted by atomic mass is 16.5. The number of benzene rings is 4. The van der Waals surface area contributed by atoms with Crippen molar-refractivity contribution in [3.63, 3.8) is 0 Å². The van der Waals surface area contributed by atoms with Gasteiger partial charge in [-0.05, 0) is 52.9 Å². The molecule has 0 unspecified atom stereocenters. The third-order valence-electron chi connectivity index (χ3n) is 6.24. The summed E-state index contributed by atoms with van der Waals surface area (Å²) >= 11 is 0. The molecule has 5 rings (SSSR count). The van der Waals surface area contributed by atoms with Gasteiger partial charge in [0.05, 0.1) is 18.7 Å². The van der Waals surface area contributed by atoms with Crippen molar-refractivity contribution in [2.45, 2.75) is 20.1 Å². The van der Waals surface area contributed by atoms with Crippen molar-refractivity contribution < 1.29 is 9.47 Å². The van der Waals surface area contributed by atoms with Crippen molar-refractivity contribution in [2.24, 2.45) is 4.99 Å². The van der Waals surface area contributed by atoms with Crippen LogP contribution in [0.1, 0.15) is 22.3 Å². The second kappa shape index (κ2) is 10.8. The summed E-state index contributed by atoms with van der Waals surface area (Å²) in [4.78, 5) is 8.08.